The van der Waals surface area contributed by atoms with E-state index in [2.05, 4.69) is 42.5 Å². The number of hydrogen-bond acceptors (Lipinski definition) is 4. The number of allylic oxidation sites excluding steroid dienone is 1. The number of ether oxygens (including phenoxy) is 3. The Morgan fingerprint density at radius 2 is 1.41 bits per heavy atom. The molecule has 1 heterocycles. The maximum atomic E-state index is 6.39. The molecule has 29 heavy (non-hydrogen) atoms. The first-order chi connectivity index (χ1) is 14.2. The fourth-order valence-electron chi connectivity index (χ4n) is 3.17. The summed E-state index contributed by atoms with van der Waals surface area (Å²) < 4.78 is 18.2. The van der Waals surface area contributed by atoms with E-state index in [4.69, 9.17) is 14.2 Å². The zero-order valence-corrected chi connectivity index (χ0v) is 17.5. The summed E-state index contributed by atoms with van der Waals surface area (Å²) in [4.78, 5) is 1.08. The Hall–Kier alpha value is -3.24. The van der Waals surface area contributed by atoms with E-state index >= 15 is 0 Å². The zero-order valence-electron chi connectivity index (χ0n) is 16.6. The number of benzene rings is 3. The molecule has 0 saturated heterocycles. The van der Waals surface area contributed by atoms with Crippen molar-refractivity contribution in [3.8, 4) is 33.4 Å². The molecule has 0 fully saturated rings. The molecule has 0 saturated carbocycles. The molecule has 0 spiro atoms. The number of hydrogen-bond donors (Lipinski definition) is 0. The van der Waals surface area contributed by atoms with Gasteiger partial charge in [0.25, 0.3) is 0 Å². The second-order valence-electron chi connectivity index (χ2n) is 6.52. The molecule has 4 heteroatoms. The molecule has 0 aliphatic heterocycles. The van der Waals surface area contributed by atoms with Crippen LogP contribution in [0.5, 0.6) is 23.0 Å². The van der Waals surface area contributed by atoms with E-state index in [1.807, 2.05) is 43.3 Å². The van der Waals surface area contributed by atoms with Crippen LogP contribution in [0.1, 0.15) is 12.5 Å². The number of methoxy groups -OCH3 is 2. The maximum Gasteiger partial charge on any atom is 0.153 e. The minimum Gasteiger partial charge on any atom is -0.497 e. The molecule has 1 aromatic heterocycles. The van der Waals surface area contributed by atoms with Gasteiger partial charge in [0.2, 0.25) is 0 Å². The number of rotatable bonds is 6. The molecular formula is C25H22O3S. The van der Waals surface area contributed by atoms with Crippen LogP contribution < -0.4 is 14.2 Å². The summed E-state index contributed by atoms with van der Waals surface area (Å²) in [5.41, 5.74) is 2.24. The predicted molar refractivity (Wildman–Crippen MR) is 122 cm³/mol. The summed E-state index contributed by atoms with van der Waals surface area (Å²) in [5.74, 6) is 3.33. The highest BCUT2D eigenvalue weighted by atomic mass is 32.1. The van der Waals surface area contributed by atoms with Crippen LogP contribution >= 0.6 is 11.3 Å². The molecule has 0 radical (unpaired) electrons. The topological polar surface area (TPSA) is 27.7 Å². The van der Waals surface area contributed by atoms with Crippen molar-refractivity contribution < 1.29 is 14.2 Å². The lowest BCUT2D eigenvalue weighted by molar-refractivity contribution is 0.415. The van der Waals surface area contributed by atoms with Crippen LogP contribution in [0.3, 0.4) is 0 Å². The molecule has 3 nitrogen and oxygen atoms in total. The highest BCUT2D eigenvalue weighted by Gasteiger charge is 2.17. The van der Waals surface area contributed by atoms with Crippen molar-refractivity contribution >= 4 is 27.5 Å². The lowest BCUT2D eigenvalue weighted by atomic mass is 10.1. The van der Waals surface area contributed by atoms with Gasteiger partial charge in [0, 0.05) is 10.1 Å². The van der Waals surface area contributed by atoms with E-state index in [-0.39, 0.29) is 0 Å². The average molecular weight is 403 g/mol. The fourth-order valence-corrected chi connectivity index (χ4v) is 4.34. The van der Waals surface area contributed by atoms with Crippen molar-refractivity contribution in [1.82, 2.24) is 0 Å². The van der Waals surface area contributed by atoms with Gasteiger partial charge >= 0.3 is 0 Å². The molecule has 0 N–H and O–H groups in total. The summed E-state index contributed by atoms with van der Waals surface area (Å²) in [6, 6.07) is 22.2. The van der Waals surface area contributed by atoms with E-state index in [9.17, 15) is 0 Å². The molecule has 0 aliphatic rings. The van der Waals surface area contributed by atoms with Gasteiger partial charge in [-0.3, -0.25) is 0 Å². The maximum absolute atomic E-state index is 6.39. The van der Waals surface area contributed by atoms with Crippen LogP contribution in [0.15, 0.2) is 72.8 Å². The summed E-state index contributed by atoms with van der Waals surface area (Å²) in [6.45, 7) is 2.01. The highest BCUT2D eigenvalue weighted by Crippen LogP contribution is 2.47. The minimum absolute atomic E-state index is 0.809. The molecule has 4 rings (SSSR count). The van der Waals surface area contributed by atoms with Crippen molar-refractivity contribution in [2.24, 2.45) is 0 Å². The Morgan fingerprint density at radius 3 is 2.07 bits per heavy atom. The van der Waals surface area contributed by atoms with Crippen LogP contribution in [-0.4, -0.2) is 14.2 Å². The van der Waals surface area contributed by atoms with Gasteiger partial charge < -0.3 is 14.2 Å². The molecule has 0 aliphatic carbocycles. The minimum atomic E-state index is 0.809. The molecule has 0 atom stereocenters. The number of thiophene rings is 1. The molecule has 0 bridgehead atoms. The van der Waals surface area contributed by atoms with Crippen LogP contribution in [-0.2, 0) is 0 Å². The third-order valence-electron chi connectivity index (χ3n) is 4.66. The third-order valence-corrected chi connectivity index (χ3v) is 5.85. The molecular weight excluding hydrogens is 380 g/mol. The van der Waals surface area contributed by atoms with Gasteiger partial charge in [0.1, 0.15) is 17.2 Å². The highest BCUT2D eigenvalue weighted by molar-refractivity contribution is 7.22. The molecule has 3 aromatic carbocycles. The van der Waals surface area contributed by atoms with Gasteiger partial charge in [-0.25, -0.2) is 0 Å². The summed E-state index contributed by atoms with van der Waals surface area (Å²) in [6.07, 6.45) is 4.09. The van der Waals surface area contributed by atoms with E-state index in [0.29, 0.717) is 0 Å². The van der Waals surface area contributed by atoms with Crippen LogP contribution in [0.2, 0.25) is 0 Å². The molecule has 4 aromatic rings. The van der Waals surface area contributed by atoms with E-state index in [1.54, 1.807) is 25.6 Å². The lowest BCUT2D eigenvalue weighted by Gasteiger charge is -2.09. The zero-order chi connectivity index (χ0) is 20.2. The van der Waals surface area contributed by atoms with Crippen molar-refractivity contribution in [2.75, 3.05) is 14.2 Å². The van der Waals surface area contributed by atoms with Crippen LogP contribution in [0.4, 0.5) is 0 Å². The van der Waals surface area contributed by atoms with Gasteiger partial charge in [-0.05, 0) is 72.6 Å². The first-order valence-corrected chi connectivity index (χ1v) is 10.2. The largest absolute Gasteiger partial charge is 0.497 e. The lowest BCUT2D eigenvalue weighted by Crippen LogP contribution is -1.87. The first-order valence-electron chi connectivity index (χ1n) is 9.37. The second-order valence-corrected chi connectivity index (χ2v) is 7.57. The Morgan fingerprint density at radius 1 is 0.759 bits per heavy atom. The van der Waals surface area contributed by atoms with Gasteiger partial charge in [-0.15, -0.1) is 11.3 Å². The average Bonchev–Trinajstić information content (AvgIpc) is 3.12. The van der Waals surface area contributed by atoms with Crippen molar-refractivity contribution in [2.45, 2.75) is 6.92 Å². The molecule has 146 valence electrons. The predicted octanol–water partition coefficient (Wildman–Crippen LogP) is 7.41. The quantitative estimate of drug-likeness (QED) is 0.336. The van der Waals surface area contributed by atoms with Crippen molar-refractivity contribution in [1.29, 1.82) is 0 Å². The Bertz CT molecular complexity index is 1140. The first kappa shape index (κ1) is 19.1. The van der Waals surface area contributed by atoms with Gasteiger partial charge in [-0.1, -0.05) is 24.3 Å². The van der Waals surface area contributed by atoms with E-state index < -0.39 is 0 Å². The fraction of sp³-hybridized carbons (Fsp3) is 0.120. The van der Waals surface area contributed by atoms with Gasteiger partial charge in [-0.2, -0.15) is 0 Å². The normalized spacial score (nSPS) is 11.1. The van der Waals surface area contributed by atoms with Crippen LogP contribution in [0, 0.1) is 0 Å². The molecule has 0 unspecified atom stereocenters. The third kappa shape index (κ3) is 3.98. The van der Waals surface area contributed by atoms with Crippen molar-refractivity contribution in [3.05, 3.63) is 78.4 Å². The Balaban J connectivity index is 1.80. The standard InChI is InChI=1S/C25H22O3S/c1-4-5-17-6-10-20(11-7-17)28-24-22-15-14-21(27-3)16-23(22)29-25(24)18-8-12-19(26-2)13-9-18/h4-16H,1-3H3/b5-4+. The molecule has 0 amide bonds. The summed E-state index contributed by atoms with van der Waals surface area (Å²) in [7, 11) is 3.36. The van der Waals surface area contributed by atoms with E-state index in [0.717, 1.165) is 49.1 Å². The summed E-state index contributed by atoms with van der Waals surface area (Å²) >= 11 is 1.69. The van der Waals surface area contributed by atoms with Crippen LogP contribution in [0.25, 0.3) is 26.6 Å². The monoisotopic (exact) mass is 402 g/mol. The number of fused-ring (bicyclic) bond motifs is 1. The SMILES string of the molecule is C/C=C/c1ccc(Oc2c(-c3ccc(OC)cc3)sc3cc(OC)ccc23)cc1. The van der Waals surface area contributed by atoms with Gasteiger partial charge in [0.05, 0.1) is 19.1 Å². The Kier molecular flexibility index (Phi) is 5.54. The van der Waals surface area contributed by atoms with E-state index in [1.165, 1.54) is 0 Å². The summed E-state index contributed by atoms with van der Waals surface area (Å²) in [5, 5.41) is 1.07. The van der Waals surface area contributed by atoms with Gasteiger partial charge in [0.15, 0.2) is 5.75 Å². The van der Waals surface area contributed by atoms with Crippen molar-refractivity contribution in [3.63, 3.8) is 0 Å². The Labute approximate surface area is 174 Å². The second kappa shape index (κ2) is 8.41. The smallest absolute Gasteiger partial charge is 0.153 e.